The Bertz CT molecular complexity index is 742. The summed E-state index contributed by atoms with van der Waals surface area (Å²) in [5.41, 5.74) is -3.19. The van der Waals surface area contributed by atoms with Gasteiger partial charge in [0, 0.05) is 11.6 Å². The number of halogens is 4. The van der Waals surface area contributed by atoms with E-state index in [1.54, 1.807) is 0 Å². The van der Waals surface area contributed by atoms with Gasteiger partial charge in [-0.2, -0.15) is 8.78 Å². The van der Waals surface area contributed by atoms with E-state index in [1.165, 1.54) is 6.07 Å². The third kappa shape index (κ3) is 2.46. The molecule has 0 aliphatic carbocycles. The minimum atomic E-state index is -3.60. The number of pyridine rings is 1. The summed E-state index contributed by atoms with van der Waals surface area (Å²) in [7, 11) is 0. The normalized spacial score (nSPS) is 20.2. The van der Waals surface area contributed by atoms with Crippen molar-refractivity contribution >= 4 is 0 Å². The standard InChI is InChI=1S/C16H11F4NO2/c1-2-22-11-4-6-14(21-8-11)16(19,20)15(9-23-15)12-5-3-10(17)7-13(12)18/h2-8H,1,9H2. The number of benzene rings is 1. The molecule has 1 aliphatic rings. The Labute approximate surface area is 129 Å². The number of hydrogen-bond acceptors (Lipinski definition) is 3. The van der Waals surface area contributed by atoms with Crippen molar-refractivity contribution in [1.29, 1.82) is 0 Å². The molecule has 0 N–H and O–H groups in total. The highest BCUT2D eigenvalue weighted by atomic mass is 19.3. The summed E-state index contributed by atoms with van der Waals surface area (Å²) in [5, 5.41) is 0. The summed E-state index contributed by atoms with van der Waals surface area (Å²) >= 11 is 0. The molecule has 3 nitrogen and oxygen atoms in total. The lowest BCUT2D eigenvalue weighted by Crippen LogP contribution is -2.34. The van der Waals surface area contributed by atoms with Gasteiger partial charge in [0.05, 0.1) is 19.1 Å². The summed E-state index contributed by atoms with van der Waals surface area (Å²) in [6, 6.07) is 4.76. The molecule has 23 heavy (non-hydrogen) atoms. The first kappa shape index (κ1) is 15.5. The Kier molecular flexibility index (Phi) is 3.60. The van der Waals surface area contributed by atoms with E-state index in [-0.39, 0.29) is 5.75 Å². The van der Waals surface area contributed by atoms with Crippen molar-refractivity contribution in [2.45, 2.75) is 11.5 Å². The minimum absolute atomic E-state index is 0.235. The van der Waals surface area contributed by atoms with Crippen LogP contribution in [0.5, 0.6) is 5.75 Å². The highest BCUT2D eigenvalue weighted by molar-refractivity contribution is 5.36. The summed E-state index contributed by atoms with van der Waals surface area (Å²) in [6.45, 7) is 2.95. The second-order valence-corrected chi connectivity index (χ2v) is 4.98. The Morgan fingerprint density at radius 2 is 2.00 bits per heavy atom. The maximum absolute atomic E-state index is 14.8. The van der Waals surface area contributed by atoms with Crippen molar-refractivity contribution in [3.05, 3.63) is 72.3 Å². The molecule has 0 amide bonds. The largest absolute Gasteiger partial charge is 0.464 e. The summed E-state index contributed by atoms with van der Waals surface area (Å²) in [4.78, 5) is 3.65. The zero-order valence-electron chi connectivity index (χ0n) is 11.7. The second-order valence-electron chi connectivity index (χ2n) is 4.98. The summed E-state index contributed by atoms with van der Waals surface area (Å²) < 4.78 is 66.2. The third-order valence-corrected chi connectivity index (χ3v) is 3.58. The number of hydrogen-bond donors (Lipinski definition) is 0. The fourth-order valence-electron chi connectivity index (χ4n) is 2.33. The Morgan fingerprint density at radius 3 is 2.52 bits per heavy atom. The predicted molar refractivity (Wildman–Crippen MR) is 72.9 cm³/mol. The zero-order valence-corrected chi connectivity index (χ0v) is 11.7. The summed E-state index contributed by atoms with van der Waals surface area (Å²) in [5.74, 6) is -5.31. The van der Waals surface area contributed by atoms with Crippen molar-refractivity contribution < 1.29 is 27.0 Å². The molecule has 0 saturated carbocycles. The van der Waals surface area contributed by atoms with Crippen LogP contribution in [0.25, 0.3) is 0 Å². The molecule has 1 fully saturated rings. The quantitative estimate of drug-likeness (QED) is 0.475. The molecule has 1 atom stereocenters. The molecule has 1 aromatic carbocycles. The van der Waals surface area contributed by atoms with Gasteiger partial charge in [-0.05, 0) is 24.3 Å². The van der Waals surface area contributed by atoms with Crippen molar-refractivity contribution in [2.75, 3.05) is 6.61 Å². The molecule has 1 unspecified atom stereocenters. The molecule has 120 valence electrons. The van der Waals surface area contributed by atoms with E-state index in [1.807, 2.05) is 0 Å². The molecule has 0 spiro atoms. The van der Waals surface area contributed by atoms with Gasteiger partial charge in [-0.1, -0.05) is 6.58 Å². The number of nitrogens with zero attached hydrogens (tertiary/aromatic N) is 1. The molecular weight excluding hydrogens is 314 g/mol. The Hall–Kier alpha value is -2.41. The van der Waals surface area contributed by atoms with Gasteiger partial charge >= 0.3 is 5.92 Å². The number of aromatic nitrogens is 1. The summed E-state index contributed by atoms with van der Waals surface area (Å²) in [6.07, 6.45) is 2.23. The maximum atomic E-state index is 14.8. The van der Waals surface area contributed by atoms with Gasteiger partial charge in [0.2, 0.25) is 0 Å². The number of alkyl halides is 2. The molecule has 1 aliphatic heterocycles. The van der Waals surface area contributed by atoms with E-state index in [2.05, 4.69) is 11.6 Å². The van der Waals surface area contributed by atoms with Crippen LogP contribution in [-0.4, -0.2) is 11.6 Å². The Balaban J connectivity index is 1.99. The van der Waals surface area contributed by atoms with Crippen molar-refractivity contribution in [1.82, 2.24) is 4.98 Å². The smallest absolute Gasteiger partial charge is 0.324 e. The van der Waals surface area contributed by atoms with Crippen LogP contribution in [-0.2, 0) is 16.3 Å². The minimum Gasteiger partial charge on any atom is -0.464 e. The number of rotatable bonds is 5. The fraction of sp³-hybridized carbons (Fsp3) is 0.188. The van der Waals surface area contributed by atoms with Crippen molar-refractivity contribution in [3.8, 4) is 5.75 Å². The fourth-order valence-corrected chi connectivity index (χ4v) is 2.33. The SMILES string of the molecule is C=COc1ccc(C(F)(F)C2(c3ccc(F)cc3F)CO2)nc1. The molecule has 3 rings (SSSR count). The first-order chi connectivity index (χ1) is 10.9. The van der Waals surface area contributed by atoms with E-state index >= 15 is 0 Å². The molecule has 1 saturated heterocycles. The molecule has 0 radical (unpaired) electrons. The van der Waals surface area contributed by atoms with Crippen LogP contribution < -0.4 is 4.74 Å². The second kappa shape index (κ2) is 5.34. The molecule has 7 heteroatoms. The lowest BCUT2D eigenvalue weighted by atomic mass is 9.90. The van der Waals surface area contributed by atoms with Crippen LogP contribution in [0, 0.1) is 11.6 Å². The van der Waals surface area contributed by atoms with Crippen LogP contribution in [0.3, 0.4) is 0 Å². The predicted octanol–water partition coefficient (Wildman–Crippen LogP) is 3.90. The van der Waals surface area contributed by atoms with Gasteiger partial charge in [0.15, 0.2) is 5.60 Å². The molecule has 2 aromatic rings. The van der Waals surface area contributed by atoms with Crippen molar-refractivity contribution in [2.24, 2.45) is 0 Å². The van der Waals surface area contributed by atoms with Crippen molar-refractivity contribution in [3.63, 3.8) is 0 Å². The van der Waals surface area contributed by atoms with Gasteiger partial charge in [-0.25, -0.2) is 8.78 Å². The van der Waals surface area contributed by atoms with E-state index in [9.17, 15) is 17.6 Å². The molecule has 2 heterocycles. The number of ether oxygens (including phenoxy) is 2. The average Bonchev–Trinajstić information content (AvgIpc) is 3.30. The Morgan fingerprint density at radius 1 is 1.26 bits per heavy atom. The van der Waals surface area contributed by atoms with E-state index < -0.39 is 41.0 Å². The number of epoxide rings is 1. The first-order valence-electron chi connectivity index (χ1n) is 6.62. The van der Waals surface area contributed by atoms with Crippen LogP contribution >= 0.6 is 0 Å². The van der Waals surface area contributed by atoms with E-state index in [4.69, 9.17) is 9.47 Å². The van der Waals surface area contributed by atoms with E-state index in [0.29, 0.717) is 6.07 Å². The van der Waals surface area contributed by atoms with Gasteiger partial charge in [-0.3, -0.25) is 4.98 Å². The first-order valence-corrected chi connectivity index (χ1v) is 6.62. The highest BCUT2D eigenvalue weighted by Crippen LogP contribution is 2.56. The van der Waals surface area contributed by atoms with Gasteiger partial charge in [-0.15, -0.1) is 0 Å². The molecular formula is C16H11F4NO2. The highest BCUT2D eigenvalue weighted by Gasteiger charge is 2.68. The van der Waals surface area contributed by atoms with Gasteiger partial charge < -0.3 is 9.47 Å². The molecule has 1 aromatic heterocycles. The lowest BCUT2D eigenvalue weighted by molar-refractivity contribution is -0.0902. The van der Waals surface area contributed by atoms with Crippen LogP contribution in [0.15, 0.2) is 49.4 Å². The third-order valence-electron chi connectivity index (χ3n) is 3.58. The average molecular weight is 325 g/mol. The molecule has 0 bridgehead atoms. The topological polar surface area (TPSA) is 34.6 Å². The maximum Gasteiger partial charge on any atom is 0.324 e. The van der Waals surface area contributed by atoms with Crippen LogP contribution in [0.1, 0.15) is 11.3 Å². The van der Waals surface area contributed by atoms with E-state index in [0.717, 1.165) is 30.7 Å². The van der Waals surface area contributed by atoms with Crippen LogP contribution in [0.4, 0.5) is 17.6 Å². The monoisotopic (exact) mass is 325 g/mol. The zero-order chi connectivity index (χ0) is 16.7. The van der Waals surface area contributed by atoms with Gasteiger partial charge in [0.1, 0.15) is 23.1 Å². The van der Waals surface area contributed by atoms with Crippen LogP contribution in [0.2, 0.25) is 0 Å². The lowest BCUT2D eigenvalue weighted by Gasteiger charge is -2.24. The van der Waals surface area contributed by atoms with Gasteiger partial charge in [0.25, 0.3) is 0 Å².